The van der Waals surface area contributed by atoms with E-state index in [9.17, 15) is 18.0 Å². The Hall–Kier alpha value is -1.93. The van der Waals surface area contributed by atoms with Gasteiger partial charge in [-0.05, 0) is 25.0 Å². The van der Waals surface area contributed by atoms with Gasteiger partial charge in [-0.3, -0.25) is 9.59 Å². The predicted octanol–water partition coefficient (Wildman–Crippen LogP) is 0.434. The zero-order valence-corrected chi connectivity index (χ0v) is 15.5. The summed E-state index contributed by atoms with van der Waals surface area (Å²) in [5.41, 5.74) is -0.394. The molecule has 1 N–H and O–H groups in total. The minimum Gasteiger partial charge on any atom is -0.350 e. The first-order valence-corrected chi connectivity index (χ1v) is 10.4. The van der Waals surface area contributed by atoms with Crippen LogP contribution in [-0.4, -0.2) is 61.2 Å². The van der Waals surface area contributed by atoms with E-state index >= 15 is 0 Å². The first-order chi connectivity index (χ1) is 12.3. The van der Waals surface area contributed by atoms with E-state index in [4.69, 9.17) is 0 Å². The van der Waals surface area contributed by atoms with Gasteiger partial charge >= 0.3 is 0 Å². The van der Waals surface area contributed by atoms with Gasteiger partial charge in [0.2, 0.25) is 21.8 Å². The van der Waals surface area contributed by atoms with Gasteiger partial charge in [-0.25, -0.2) is 8.42 Å². The maximum Gasteiger partial charge on any atom is 0.243 e. The van der Waals surface area contributed by atoms with Crippen LogP contribution < -0.4 is 5.32 Å². The predicted molar refractivity (Wildman–Crippen MR) is 94.5 cm³/mol. The Morgan fingerprint density at radius 2 is 1.81 bits per heavy atom. The average molecular weight is 377 g/mol. The Balaban J connectivity index is 1.52. The lowest BCUT2D eigenvalue weighted by molar-refractivity contribution is -0.129. The van der Waals surface area contributed by atoms with Crippen LogP contribution in [0.2, 0.25) is 0 Å². The maximum atomic E-state index is 12.8. The highest BCUT2D eigenvalue weighted by Crippen LogP contribution is 2.44. The molecule has 3 saturated heterocycles. The van der Waals surface area contributed by atoms with Crippen LogP contribution in [0.4, 0.5) is 0 Å². The van der Waals surface area contributed by atoms with Gasteiger partial charge in [0, 0.05) is 44.6 Å². The van der Waals surface area contributed by atoms with Gasteiger partial charge in [0.05, 0.1) is 10.8 Å². The number of sulfonamides is 1. The number of nitrogens with one attached hydrogen (secondary N) is 1. The molecule has 140 valence electrons. The Morgan fingerprint density at radius 1 is 1.15 bits per heavy atom. The van der Waals surface area contributed by atoms with Crippen LogP contribution in [0.5, 0.6) is 0 Å². The number of fused-ring (bicyclic) bond motifs is 2. The Morgan fingerprint density at radius 3 is 2.42 bits per heavy atom. The number of amides is 2. The van der Waals surface area contributed by atoms with E-state index in [1.54, 1.807) is 35.2 Å². The molecule has 0 saturated carbocycles. The summed E-state index contributed by atoms with van der Waals surface area (Å²) >= 11 is 0. The lowest BCUT2D eigenvalue weighted by atomic mass is 9.76. The lowest BCUT2D eigenvalue weighted by Crippen LogP contribution is -2.56. The van der Waals surface area contributed by atoms with E-state index in [1.807, 2.05) is 0 Å². The highest BCUT2D eigenvalue weighted by Gasteiger charge is 2.58. The van der Waals surface area contributed by atoms with E-state index in [-0.39, 0.29) is 23.7 Å². The molecule has 0 aromatic heterocycles. The fraction of sp³-hybridized carbons (Fsp3) is 0.556. The summed E-state index contributed by atoms with van der Waals surface area (Å²) < 4.78 is 27.1. The number of nitrogens with zero attached hydrogens (tertiary/aromatic N) is 2. The minimum atomic E-state index is -3.51. The third-order valence-corrected chi connectivity index (χ3v) is 8.09. The van der Waals surface area contributed by atoms with Gasteiger partial charge in [0.15, 0.2) is 0 Å². The maximum absolute atomic E-state index is 12.8. The first-order valence-electron chi connectivity index (χ1n) is 8.96. The van der Waals surface area contributed by atoms with Crippen molar-refractivity contribution in [3.05, 3.63) is 30.3 Å². The van der Waals surface area contributed by atoms with E-state index in [1.165, 1.54) is 11.2 Å². The highest BCUT2D eigenvalue weighted by molar-refractivity contribution is 7.89. The molecular formula is C18H23N3O4S. The number of carbonyl (C=O) groups excluding carboxylic acids is 2. The molecule has 3 fully saturated rings. The van der Waals surface area contributed by atoms with Gasteiger partial charge in [-0.2, -0.15) is 4.31 Å². The van der Waals surface area contributed by atoms with E-state index in [0.29, 0.717) is 43.9 Å². The van der Waals surface area contributed by atoms with Crippen LogP contribution in [-0.2, 0) is 19.6 Å². The Kier molecular flexibility index (Phi) is 4.07. The van der Waals surface area contributed by atoms with Crippen LogP contribution in [0.15, 0.2) is 35.2 Å². The van der Waals surface area contributed by atoms with Crippen LogP contribution in [0.25, 0.3) is 0 Å². The zero-order valence-electron chi connectivity index (χ0n) is 14.7. The number of rotatable bonds is 2. The highest BCUT2D eigenvalue weighted by atomic mass is 32.2. The summed E-state index contributed by atoms with van der Waals surface area (Å²) in [7, 11) is -3.51. The summed E-state index contributed by atoms with van der Waals surface area (Å²) in [5, 5.41) is 3.14. The largest absolute Gasteiger partial charge is 0.350 e. The van der Waals surface area contributed by atoms with Gasteiger partial charge in [0.1, 0.15) is 0 Å². The lowest BCUT2D eigenvalue weighted by Gasteiger charge is -2.42. The standard InChI is InChI=1S/C18H23N3O4S/c1-13(22)20-11-15-16(12-20)18(19-17(15)23)7-9-21(10-8-18)26(24,25)14-5-3-2-4-6-14/h2-6,15-16H,7-12H2,1H3,(H,19,23)/t15-,16+/m0/s1. The van der Waals surface area contributed by atoms with Crippen molar-refractivity contribution in [2.75, 3.05) is 26.2 Å². The molecule has 4 rings (SSSR count). The number of likely N-dealkylation sites (tertiary alicyclic amines) is 1. The van der Waals surface area contributed by atoms with E-state index in [0.717, 1.165) is 0 Å². The summed E-state index contributed by atoms with van der Waals surface area (Å²) in [6.07, 6.45) is 1.16. The summed E-state index contributed by atoms with van der Waals surface area (Å²) in [4.78, 5) is 26.2. The Labute approximate surface area is 153 Å². The number of carbonyl (C=O) groups is 2. The van der Waals surface area contributed by atoms with Crippen molar-refractivity contribution in [1.29, 1.82) is 0 Å². The molecule has 0 aliphatic carbocycles. The number of hydrogen-bond donors (Lipinski definition) is 1. The first kappa shape index (κ1) is 17.5. The summed E-state index contributed by atoms with van der Waals surface area (Å²) in [6.45, 7) is 3.33. The van der Waals surface area contributed by atoms with Gasteiger partial charge in [0.25, 0.3) is 0 Å². The topological polar surface area (TPSA) is 86.8 Å². The van der Waals surface area contributed by atoms with E-state index in [2.05, 4.69) is 5.32 Å². The molecule has 0 unspecified atom stereocenters. The van der Waals surface area contributed by atoms with Crippen LogP contribution in [0.1, 0.15) is 19.8 Å². The fourth-order valence-corrected chi connectivity index (χ4v) is 6.14. The quantitative estimate of drug-likeness (QED) is 0.810. The van der Waals surface area contributed by atoms with Crippen molar-refractivity contribution in [3.8, 4) is 0 Å². The van der Waals surface area contributed by atoms with E-state index < -0.39 is 15.6 Å². The molecule has 2 amide bonds. The fourth-order valence-electron chi connectivity index (χ4n) is 4.68. The number of piperidine rings is 1. The Bertz CT molecular complexity index is 831. The van der Waals surface area contributed by atoms with Gasteiger partial charge < -0.3 is 10.2 Å². The molecule has 1 aromatic carbocycles. The van der Waals surface area contributed by atoms with Gasteiger partial charge in [-0.15, -0.1) is 0 Å². The molecule has 7 nitrogen and oxygen atoms in total. The molecule has 1 aromatic rings. The number of benzene rings is 1. The van der Waals surface area contributed by atoms with Crippen molar-refractivity contribution >= 4 is 21.8 Å². The molecule has 3 heterocycles. The molecule has 1 spiro atoms. The number of hydrogen-bond acceptors (Lipinski definition) is 4. The monoisotopic (exact) mass is 377 g/mol. The smallest absolute Gasteiger partial charge is 0.243 e. The van der Waals surface area contributed by atoms with Crippen molar-refractivity contribution in [3.63, 3.8) is 0 Å². The van der Waals surface area contributed by atoms with Crippen LogP contribution >= 0.6 is 0 Å². The second kappa shape index (κ2) is 6.06. The van der Waals surface area contributed by atoms with Crippen molar-refractivity contribution in [2.24, 2.45) is 11.8 Å². The van der Waals surface area contributed by atoms with Crippen molar-refractivity contribution < 1.29 is 18.0 Å². The second-order valence-electron chi connectivity index (χ2n) is 7.50. The molecule has 3 aliphatic heterocycles. The third-order valence-electron chi connectivity index (χ3n) is 6.18. The van der Waals surface area contributed by atoms with Crippen LogP contribution in [0.3, 0.4) is 0 Å². The minimum absolute atomic E-state index is 0.00174. The molecular weight excluding hydrogens is 354 g/mol. The summed E-state index contributed by atoms with van der Waals surface area (Å²) in [5.74, 6) is -0.110. The second-order valence-corrected chi connectivity index (χ2v) is 9.44. The molecule has 8 heteroatoms. The molecule has 3 aliphatic rings. The third kappa shape index (κ3) is 2.63. The van der Waals surface area contributed by atoms with Crippen molar-refractivity contribution in [2.45, 2.75) is 30.2 Å². The van der Waals surface area contributed by atoms with Crippen molar-refractivity contribution in [1.82, 2.24) is 14.5 Å². The average Bonchev–Trinajstić information content (AvgIpc) is 3.18. The zero-order chi connectivity index (χ0) is 18.5. The SMILES string of the molecule is CC(=O)N1C[C@@H]2C(=O)NC3(CCN(S(=O)(=O)c4ccccc4)CC3)[C@@H]2C1. The molecule has 26 heavy (non-hydrogen) atoms. The summed E-state index contributed by atoms with van der Waals surface area (Å²) in [6, 6.07) is 8.44. The molecule has 2 atom stereocenters. The molecule has 0 bridgehead atoms. The molecule has 0 radical (unpaired) electrons. The van der Waals surface area contributed by atoms with Gasteiger partial charge in [-0.1, -0.05) is 18.2 Å². The normalized spacial score (nSPS) is 28.2. The van der Waals surface area contributed by atoms with Crippen LogP contribution in [0, 0.1) is 11.8 Å².